The number of alkyl halides is 3. The monoisotopic (exact) mass is 249 g/mol. The summed E-state index contributed by atoms with van der Waals surface area (Å²) in [6.45, 7) is 3.93. The van der Waals surface area contributed by atoms with Crippen molar-refractivity contribution in [1.29, 1.82) is 0 Å². The van der Waals surface area contributed by atoms with Gasteiger partial charge in [0.1, 0.15) is 0 Å². The molecule has 1 aromatic rings. The van der Waals surface area contributed by atoms with Gasteiger partial charge in [-0.1, -0.05) is 5.16 Å². The molecule has 17 heavy (non-hydrogen) atoms. The number of hydrogen-bond donors (Lipinski definition) is 0. The highest BCUT2D eigenvalue weighted by Crippen LogP contribution is 2.29. The van der Waals surface area contributed by atoms with Crippen molar-refractivity contribution in [3.8, 4) is 0 Å². The van der Waals surface area contributed by atoms with E-state index in [1.165, 1.54) is 0 Å². The summed E-state index contributed by atoms with van der Waals surface area (Å²) in [7, 11) is 2.02. The Morgan fingerprint density at radius 3 is 2.47 bits per heavy atom. The van der Waals surface area contributed by atoms with Crippen LogP contribution in [0.4, 0.5) is 13.2 Å². The average Bonchev–Trinajstić information content (AvgIpc) is 2.69. The van der Waals surface area contributed by atoms with E-state index in [1.54, 1.807) is 0 Å². The minimum absolute atomic E-state index is 0.335. The summed E-state index contributed by atoms with van der Waals surface area (Å²) in [6.07, 6.45) is -4.45. The van der Waals surface area contributed by atoms with Crippen LogP contribution in [0.25, 0.3) is 0 Å². The molecule has 4 nitrogen and oxygen atoms in total. The third kappa shape index (κ3) is 3.19. The maximum absolute atomic E-state index is 12.3. The van der Waals surface area contributed by atoms with Crippen molar-refractivity contribution in [3.05, 3.63) is 17.5 Å². The molecule has 96 valence electrons. The van der Waals surface area contributed by atoms with E-state index in [1.807, 2.05) is 7.05 Å². The molecular formula is C10H14F3N3O. The zero-order valence-electron chi connectivity index (χ0n) is 9.50. The van der Waals surface area contributed by atoms with Gasteiger partial charge in [0.05, 0.1) is 5.69 Å². The summed E-state index contributed by atoms with van der Waals surface area (Å²) in [5.74, 6) is -1.03. The van der Waals surface area contributed by atoms with E-state index >= 15 is 0 Å². The van der Waals surface area contributed by atoms with E-state index in [2.05, 4.69) is 19.5 Å². The van der Waals surface area contributed by atoms with E-state index in [0.29, 0.717) is 12.2 Å². The van der Waals surface area contributed by atoms with Crippen LogP contribution < -0.4 is 0 Å². The van der Waals surface area contributed by atoms with Crippen LogP contribution >= 0.6 is 0 Å². The molecule has 2 rings (SSSR count). The maximum Gasteiger partial charge on any atom is 0.452 e. The molecule has 0 aliphatic carbocycles. The lowest BCUT2D eigenvalue weighted by Gasteiger charge is -2.31. The van der Waals surface area contributed by atoms with E-state index < -0.39 is 11.9 Å². The third-order valence-electron chi connectivity index (χ3n) is 2.82. The van der Waals surface area contributed by atoms with Gasteiger partial charge >= 0.3 is 6.18 Å². The number of halogens is 3. The van der Waals surface area contributed by atoms with Crippen LogP contribution in [-0.4, -0.2) is 48.2 Å². The second-order valence-electron chi connectivity index (χ2n) is 4.26. The fraction of sp³-hybridized carbons (Fsp3) is 0.700. The first-order valence-corrected chi connectivity index (χ1v) is 5.39. The van der Waals surface area contributed by atoms with E-state index in [-0.39, 0.29) is 0 Å². The summed E-state index contributed by atoms with van der Waals surface area (Å²) in [6, 6.07) is 0.971. The summed E-state index contributed by atoms with van der Waals surface area (Å²) >= 11 is 0. The molecule has 2 heterocycles. The van der Waals surface area contributed by atoms with Gasteiger partial charge in [0.15, 0.2) is 0 Å². The van der Waals surface area contributed by atoms with Gasteiger partial charge in [0.25, 0.3) is 0 Å². The lowest BCUT2D eigenvalue weighted by atomic mass is 10.3. The highest BCUT2D eigenvalue weighted by Gasteiger charge is 2.36. The van der Waals surface area contributed by atoms with Gasteiger partial charge in [-0.25, -0.2) is 0 Å². The third-order valence-corrected chi connectivity index (χ3v) is 2.82. The van der Waals surface area contributed by atoms with Crippen LogP contribution in [0, 0.1) is 0 Å². The Kier molecular flexibility index (Phi) is 3.39. The first kappa shape index (κ1) is 12.4. The van der Waals surface area contributed by atoms with E-state index in [9.17, 15) is 13.2 Å². The smallest absolute Gasteiger partial charge is 0.351 e. The summed E-state index contributed by atoms with van der Waals surface area (Å²) in [4.78, 5) is 4.25. The predicted molar refractivity (Wildman–Crippen MR) is 54.3 cm³/mol. The molecule has 0 radical (unpaired) electrons. The molecule has 1 saturated heterocycles. The molecule has 0 unspecified atom stereocenters. The van der Waals surface area contributed by atoms with Gasteiger partial charge in [0.2, 0.25) is 5.76 Å². The molecule has 1 fully saturated rings. The molecule has 1 aromatic heterocycles. The van der Waals surface area contributed by atoms with Crippen LogP contribution in [0.2, 0.25) is 0 Å². The SMILES string of the molecule is CN1CCN(Cc2cc(C(F)(F)F)on2)CC1. The lowest BCUT2D eigenvalue weighted by molar-refractivity contribution is -0.155. The van der Waals surface area contributed by atoms with Crippen molar-refractivity contribution in [2.24, 2.45) is 0 Å². The molecule has 0 atom stereocenters. The van der Waals surface area contributed by atoms with Crippen molar-refractivity contribution in [2.75, 3.05) is 33.2 Å². The molecule has 7 heteroatoms. The molecular weight excluding hydrogens is 235 g/mol. The largest absolute Gasteiger partial charge is 0.452 e. The van der Waals surface area contributed by atoms with E-state index in [0.717, 1.165) is 32.2 Å². The Morgan fingerprint density at radius 1 is 1.29 bits per heavy atom. The zero-order chi connectivity index (χ0) is 12.5. The highest BCUT2D eigenvalue weighted by molar-refractivity contribution is 5.08. The molecule has 0 saturated carbocycles. The quantitative estimate of drug-likeness (QED) is 0.794. The summed E-state index contributed by atoms with van der Waals surface area (Å²) in [5.41, 5.74) is 0.335. The second-order valence-corrected chi connectivity index (χ2v) is 4.26. The summed E-state index contributed by atoms with van der Waals surface area (Å²) in [5, 5.41) is 3.45. The fourth-order valence-corrected chi connectivity index (χ4v) is 1.76. The zero-order valence-corrected chi connectivity index (χ0v) is 9.50. The van der Waals surface area contributed by atoms with Gasteiger partial charge in [-0.3, -0.25) is 4.90 Å². The Labute approximate surface area is 97.0 Å². The molecule has 0 aromatic carbocycles. The Balaban J connectivity index is 1.93. The number of piperazine rings is 1. The summed E-state index contributed by atoms with van der Waals surface area (Å²) < 4.78 is 41.1. The number of hydrogen-bond acceptors (Lipinski definition) is 4. The molecule has 1 aliphatic heterocycles. The minimum atomic E-state index is -4.45. The van der Waals surface area contributed by atoms with Crippen LogP contribution in [0.15, 0.2) is 10.6 Å². The Hall–Kier alpha value is -1.08. The molecule has 0 spiro atoms. The number of nitrogens with zero attached hydrogens (tertiary/aromatic N) is 3. The van der Waals surface area contributed by atoms with E-state index in [4.69, 9.17) is 0 Å². The maximum atomic E-state index is 12.3. The normalized spacial score (nSPS) is 19.8. The predicted octanol–water partition coefficient (Wildman–Crippen LogP) is 1.44. The van der Waals surface area contributed by atoms with Crippen molar-refractivity contribution in [2.45, 2.75) is 12.7 Å². The van der Waals surface area contributed by atoms with Crippen LogP contribution in [0.1, 0.15) is 11.5 Å². The second kappa shape index (κ2) is 4.66. The molecule has 0 amide bonds. The van der Waals surface area contributed by atoms with Crippen molar-refractivity contribution >= 4 is 0 Å². The molecule has 1 aliphatic rings. The molecule has 0 bridgehead atoms. The van der Waals surface area contributed by atoms with Crippen LogP contribution in [-0.2, 0) is 12.7 Å². The highest BCUT2D eigenvalue weighted by atomic mass is 19.4. The number of likely N-dealkylation sites (N-methyl/N-ethyl adjacent to an activating group) is 1. The van der Waals surface area contributed by atoms with Gasteiger partial charge in [-0.2, -0.15) is 13.2 Å². The Morgan fingerprint density at radius 2 is 1.94 bits per heavy atom. The minimum Gasteiger partial charge on any atom is -0.351 e. The van der Waals surface area contributed by atoms with Crippen LogP contribution in [0.5, 0.6) is 0 Å². The average molecular weight is 249 g/mol. The standard InChI is InChI=1S/C10H14F3N3O/c1-15-2-4-16(5-3-15)7-8-6-9(17-14-8)10(11,12)13/h6H,2-5,7H2,1H3. The first-order chi connectivity index (χ1) is 7.95. The lowest BCUT2D eigenvalue weighted by Crippen LogP contribution is -2.43. The topological polar surface area (TPSA) is 32.5 Å². The van der Waals surface area contributed by atoms with Gasteiger partial charge in [-0.05, 0) is 7.05 Å². The van der Waals surface area contributed by atoms with Crippen molar-refractivity contribution < 1.29 is 17.7 Å². The number of rotatable bonds is 2. The van der Waals surface area contributed by atoms with Crippen LogP contribution in [0.3, 0.4) is 0 Å². The van der Waals surface area contributed by atoms with Crippen molar-refractivity contribution in [1.82, 2.24) is 15.0 Å². The molecule has 0 N–H and O–H groups in total. The number of aromatic nitrogens is 1. The van der Waals surface area contributed by atoms with Crippen molar-refractivity contribution in [3.63, 3.8) is 0 Å². The van der Waals surface area contributed by atoms with Gasteiger partial charge < -0.3 is 9.42 Å². The fourth-order valence-electron chi connectivity index (χ4n) is 1.76. The first-order valence-electron chi connectivity index (χ1n) is 5.39. The van der Waals surface area contributed by atoms with Gasteiger partial charge in [-0.15, -0.1) is 0 Å². The Bertz CT molecular complexity index is 369. The van der Waals surface area contributed by atoms with Gasteiger partial charge in [0, 0.05) is 38.8 Å².